The first-order valence-corrected chi connectivity index (χ1v) is 11.0. The van der Waals surface area contributed by atoms with Gasteiger partial charge in [-0.15, -0.1) is 24.0 Å². The van der Waals surface area contributed by atoms with Crippen LogP contribution in [-0.2, 0) is 17.8 Å². The minimum absolute atomic E-state index is 0. The molecule has 1 aromatic heterocycles. The van der Waals surface area contributed by atoms with E-state index in [1.165, 1.54) is 16.7 Å². The molecule has 0 aliphatic heterocycles. The first-order valence-electron chi connectivity index (χ1n) is 11.0. The van der Waals surface area contributed by atoms with Crippen LogP contribution in [0.15, 0.2) is 78.3 Å². The van der Waals surface area contributed by atoms with Crippen molar-refractivity contribution in [1.82, 2.24) is 20.2 Å². The summed E-state index contributed by atoms with van der Waals surface area (Å²) in [7, 11) is 0. The predicted molar refractivity (Wildman–Crippen MR) is 141 cm³/mol. The van der Waals surface area contributed by atoms with Gasteiger partial charge in [0.25, 0.3) is 0 Å². The lowest BCUT2D eigenvalue weighted by Crippen LogP contribution is -2.38. The van der Waals surface area contributed by atoms with Gasteiger partial charge >= 0.3 is 0 Å². The van der Waals surface area contributed by atoms with Crippen LogP contribution < -0.4 is 10.6 Å². The summed E-state index contributed by atoms with van der Waals surface area (Å²) in [5.41, 5.74) is 3.64. The molecule has 3 rings (SSSR count). The molecule has 1 atom stereocenters. The maximum absolute atomic E-state index is 5.95. The number of guanidine groups is 1. The number of nitrogens with zero attached hydrogens (tertiary/aromatic N) is 3. The van der Waals surface area contributed by atoms with Crippen LogP contribution >= 0.6 is 24.0 Å². The zero-order chi connectivity index (χ0) is 21.7. The molecule has 0 amide bonds. The first kappa shape index (κ1) is 25.9. The maximum atomic E-state index is 5.95. The fraction of sp³-hybridized carbons (Fsp3) is 0.360. The fourth-order valence-electron chi connectivity index (χ4n) is 3.29. The number of halogens is 1. The van der Waals surface area contributed by atoms with Gasteiger partial charge in [-0.2, -0.15) is 0 Å². The minimum Gasteiger partial charge on any atom is -0.374 e. The highest BCUT2D eigenvalue weighted by molar-refractivity contribution is 14.0. The average molecular weight is 547 g/mol. The Morgan fingerprint density at radius 2 is 1.91 bits per heavy atom. The van der Waals surface area contributed by atoms with Crippen LogP contribution in [0.2, 0.25) is 0 Å². The van der Waals surface area contributed by atoms with Crippen molar-refractivity contribution in [1.29, 1.82) is 0 Å². The summed E-state index contributed by atoms with van der Waals surface area (Å²) in [6.07, 6.45) is 6.64. The topological polar surface area (TPSA) is 63.5 Å². The number of benzene rings is 2. The molecule has 1 heterocycles. The van der Waals surface area contributed by atoms with Crippen LogP contribution in [0.4, 0.5) is 0 Å². The van der Waals surface area contributed by atoms with Crippen molar-refractivity contribution in [3.05, 3.63) is 90.0 Å². The number of hydrogen-bond donors (Lipinski definition) is 2. The molecule has 0 saturated carbocycles. The average Bonchev–Trinajstić information content (AvgIpc) is 3.31. The van der Waals surface area contributed by atoms with Crippen molar-refractivity contribution in [3.8, 4) is 0 Å². The fourth-order valence-corrected chi connectivity index (χ4v) is 3.29. The summed E-state index contributed by atoms with van der Waals surface area (Å²) >= 11 is 0. The van der Waals surface area contributed by atoms with E-state index < -0.39 is 0 Å². The van der Waals surface area contributed by atoms with Crippen molar-refractivity contribution in [3.63, 3.8) is 0 Å². The quantitative estimate of drug-likeness (QED) is 0.157. The zero-order valence-electron chi connectivity index (χ0n) is 18.9. The summed E-state index contributed by atoms with van der Waals surface area (Å²) in [5, 5.41) is 6.72. The normalized spacial score (nSPS) is 12.1. The molecule has 2 N–H and O–H groups in total. The second kappa shape index (κ2) is 14.6. The molecule has 7 heteroatoms. The van der Waals surface area contributed by atoms with Gasteiger partial charge in [-0.3, -0.25) is 0 Å². The molecule has 0 radical (unpaired) electrons. The smallest absolute Gasteiger partial charge is 0.191 e. The Morgan fingerprint density at radius 3 is 2.66 bits per heavy atom. The largest absolute Gasteiger partial charge is 0.374 e. The summed E-state index contributed by atoms with van der Waals surface area (Å²) < 4.78 is 8.01. The van der Waals surface area contributed by atoms with E-state index in [-0.39, 0.29) is 30.1 Å². The van der Waals surface area contributed by atoms with Crippen LogP contribution in [-0.4, -0.2) is 35.2 Å². The number of ether oxygens (including phenoxy) is 1. The highest BCUT2D eigenvalue weighted by Gasteiger charge is 2.04. The predicted octanol–water partition coefficient (Wildman–Crippen LogP) is 4.77. The molecule has 0 saturated heterocycles. The lowest BCUT2D eigenvalue weighted by atomic mass is 10.1. The van der Waals surface area contributed by atoms with Gasteiger partial charge in [0.15, 0.2) is 5.96 Å². The first-order chi connectivity index (χ1) is 15.2. The van der Waals surface area contributed by atoms with Gasteiger partial charge in [0.2, 0.25) is 0 Å². The minimum atomic E-state index is 0. The van der Waals surface area contributed by atoms with E-state index in [9.17, 15) is 0 Å². The van der Waals surface area contributed by atoms with Crippen molar-refractivity contribution >= 4 is 29.9 Å². The highest BCUT2D eigenvalue weighted by atomic mass is 127. The van der Waals surface area contributed by atoms with E-state index in [4.69, 9.17) is 9.73 Å². The molecule has 172 valence electrons. The number of aliphatic imine (C=N–C) groups is 1. The third kappa shape index (κ3) is 9.00. The molecule has 0 aliphatic rings. The van der Waals surface area contributed by atoms with Crippen molar-refractivity contribution in [2.45, 2.75) is 39.5 Å². The van der Waals surface area contributed by atoms with E-state index >= 15 is 0 Å². The third-order valence-electron chi connectivity index (χ3n) is 4.93. The monoisotopic (exact) mass is 547 g/mol. The van der Waals surface area contributed by atoms with E-state index in [2.05, 4.69) is 70.4 Å². The molecule has 0 bridgehead atoms. The molecule has 0 fully saturated rings. The van der Waals surface area contributed by atoms with Gasteiger partial charge in [-0.25, -0.2) is 9.98 Å². The molecule has 3 aromatic rings. The molecule has 1 unspecified atom stereocenters. The third-order valence-corrected chi connectivity index (χ3v) is 4.93. The van der Waals surface area contributed by atoms with Crippen LogP contribution in [0.25, 0.3) is 0 Å². The molecule has 6 nitrogen and oxygen atoms in total. The Balaban J connectivity index is 0.00000363. The van der Waals surface area contributed by atoms with Crippen molar-refractivity contribution in [2.24, 2.45) is 4.99 Å². The molecular weight excluding hydrogens is 513 g/mol. The van der Waals surface area contributed by atoms with E-state index in [0.29, 0.717) is 13.2 Å². The molecular formula is C25H34IN5O. The second-order valence-corrected chi connectivity index (χ2v) is 7.45. The molecule has 2 aromatic carbocycles. The highest BCUT2D eigenvalue weighted by Crippen LogP contribution is 2.15. The number of rotatable bonds is 11. The number of hydrogen-bond acceptors (Lipinski definition) is 3. The van der Waals surface area contributed by atoms with Crippen molar-refractivity contribution in [2.75, 3.05) is 19.7 Å². The van der Waals surface area contributed by atoms with Gasteiger partial charge < -0.3 is 19.9 Å². The zero-order valence-corrected chi connectivity index (χ0v) is 21.2. The van der Waals surface area contributed by atoms with Crippen LogP contribution in [0.1, 0.15) is 43.1 Å². The maximum Gasteiger partial charge on any atom is 0.191 e. The van der Waals surface area contributed by atoms with Gasteiger partial charge in [0.05, 0.1) is 19.0 Å². The Bertz CT molecular complexity index is 915. The van der Waals surface area contributed by atoms with E-state index in [1.54, 1.807) is 6.20 Å². The van der Waals surface area contributed by atoms with E-state index in [1.807, 2.05) is 30.7 Å². The SMILES string of the molecule is CCNC(=NCc1cccc(Cn2ccnc2)c1)NCCCOC(C)c1ccccc1.I. The van der Waals surface area contributed by atoms with Gasteiger partial charge in [0.1, 0.15) is 0 Å². The van der Waals surface area contributed by atoms with Crippen molar-refractivity contribution < 1.29 is 4.74 Å². The Hall–Kier alpha value is -2.39. The Morgan fingerprint density at radius 1 is 1.09 bits per heavy atom. The summed E-state index contributed by atoms with van der Waals surface area (Å²) in [6.45, 7) is 7.97. The van der Waals surface area contributed by atoms with Crippen LogP contribution in [0.5, 0.6) is 0 Å². The second-order valence-electron chi connectivity index (χ2n) is 7.45. The Labute approximate surface area is 208 Å². The summed E-state index contributed by atoms with van der Waals surface area (Å²) in [4.78, 5) is 8.84. The number of aromatic nitrogens is 2. The van der Waals surface area contributed by atoms with E-state index in [0.717, 1.165) is 32.0 Å². The Kier molecular flexibility index (Phi) is 11.8. The standard InChI is InChI=1S/C25H33N5O.HI/c1-3-27-25(28-13-8-16-31-21(2)24-11-5-4-6-12-24)29-18-22-9-7-10-23(17-22)19-30-15-14-26-20-30;/h4-7,9-12,14-15,17,20-21H,3,8,13,16,18-19H2,1-2H3,(H2,27,28,29);1H. The number of imidazole rings is 1. The summed E-state index contributed by atoms with van der Waals surface area (Å²) in [6, 6.07) is 18.8. The van der Waals surface area contributed by atoms with Crippen LogP contribution in [0, 0.1) is 0 Å². The van der Waals surface area contributed by atoms with Gasteiger partial charge in [-0.1, -0.05) is 54.6 Å². The lowest BCUT2D eigenvalue weighted by Gasteiger charge is -2.15. The van der Waals surface area contributed by atoms with Gasteiger partial charge in [0, 0.05) is 38.6 Å². The summed E-state index contributed by atoms with van der Waals surface area (Å²) in [5.74, 6) is 0.832. The van der Waals surface area contributed by atoms with Crippen LogP contribution in [0.3, 0.4) is 0 Å². The molecule has 0 aliphatic carbocycles. The molecule has 0 spiro atoms. The lowest BCUT2D eigenvalue weighted by molar-refractivity contribution is 0.0646. The van der Waals surface area contributed by atoms with Gasteiger partial charge in [-0.05, 0) is 37.0 Å². The number of nitrogens with one attached hydrogen (secondary N) is 2. The molecule has 32 heavy (non-hydrogen) atoms.